The smallest absolute Gasteiger partial charge is 0.326 e. The maximum atomic E-state index is 11.9. The summed E-state index contributed by atoms with van der Waals surface area (Å²) in [5.74, 6) is -1.29. The minimum absolute atomic E-state index is 0.0301. The fraction of sp³-hybridized carbons (Fsp3) is 0.583. The molecule has 19 heavy (non-hydrogen) atoms. The second kappa shape index (κ2) is 5.83. The fourth-order valence-electron chi connectivity index (χ4n) is 1.48. The minimum atomic E-state index is -1.10. The first kappa shape index (κ1) is 15.2. The van der Waals surface area contributed by atoms with E-state index in [1.54, 1.807) is 20.8 Å². The lowest BCUT2D eigenvalue weighted by atomic mass is 9.86. The molecule has 0 radical (unpaired) electrons. The van der Waals surface area contributed by atoms with Crippen molar-refractivity contribution >= 4 is 11.9 Å². The van der Waals surface area contributed by atoms with E-state index in [-0.39, 0.29) is 12.3 Å². The summed E-state index contributed by atoms with van der Waals surface area (Å²) in [7, 11) is 1.49. The standard InChI is InChI=1S/C12H18N2O5/c1-12(2,3)9(11(16)17)13-10(15)8-5-7(6-18-4)19-14-8/h5,9H,6H2,1-4H3,(H,13,15)(H,16,17). The van der Waals surface area contributed by atoms with E-state index in [4.69, 9.17) is 14.4 Å². The molecule has 1 heterocycles. The molecular formula is C12H18N2O5. The Morgan fingerprint density at radius 2 is 2.16 bits per heavy atom. The number of methoxy groups -OCH3 is 1. The molecule has 0 spiro atoms. The topological polar surface area (TPSA) is 102 Å². The highest BCUT2D eigenvalue weighted by atomic mass is 16.5. The van der Waals surface area contributed by atoms with Crippen LogP contribution in [0.3, 0.4) is 0 Å². The highest BCUT2D eigenvalue weighted by Crippen LogP contribution is 2.20. The van der Waals surface area contributed by atoms with Crippen molar-refractivity contribution in [2.45, 2.75) is 33.4 Å². The van der Waals surface area contributed by atoms with Crippen molar-refractivity contribution in [1.29, 1.82) is 0 Å². The minimum Gasteiger partial charge on any atom is -0.480 e. The lowest BCUT2D eigenvalue weighted by Crippen LogP contribution is -2.49. The molecule has 0 saturated carbocycles. The number of rotatable bonds is 5. The molecule has 0 saturated heterocycles. The molecule has 1 aromatic heterocycles. The molecule has 0 aliphatic heterocycles. The van der Waals surface area contributed by atoms with Gasteiger partial charge in [0.15, 0.2) is 11.5 Å². The SMILES string of the molecule is COCc1cc(C(=O)NC(C(=O)O)C(C)(C)C)no1. The van der Waals surface area contributed by atoms with E-state index < -0.39 is 23.3 Å². The summed E-state index contributed by atoms with van der Waals surface area (Å²) in [5.41, 5.74) is -0.580. The summed E-state index contributed by atoms with van der Waals surface area (Å²) in [6.07, 6.45) is 0. The van der Waals surface area contributed by atoms with Gasteiger partial charge in [0.05, 0.1) is 0 Å². The summed E-state index contributed by atoms with van der Waals surface area (Å²) >= 11 is 0. The van der Waals surface area contributed by atoms with Gasteiger partial charge in [-0.15, -0.1) is 0 Å². The second-order valence-corrected chi connectivity index (χ2v) is 5.22. The van der Waals surface area contributed by atoms with Crippen LogP contribution in [0.25, 0.3) is 0 Å². The van der Waals surface area contributed by atoms with E-state index in [2.05, 4.69) is 10.5 Å². The first-order chi connectivity index (χ1) is 8.75. The molecule has 0 aliphatic carbocycles. The number of nitrogens with one attached hydrogen (secondary N) is 1. The van der Waals surface area contributed by atoms with Crippen LogP contribution in [-0.4, -0.2) is 35.3 Å². The van der Waals surface area contributed by atoms with Gasteiger partial charge >= 0.3 is 5.97 Å². The predicted molar refractivity (Wildman–Crippen MR) is 65.6 cm³/mol. The van der Waals surface area contributed by atoms with Crippen molar-refractivity contribution in [3.05, 3.63) is 17.5 Å². The first-order valence-corrected chi connectivity index (χ1v) is 5.74. The average molecular weight is 270 g/mol. The molecule has 1 aromatic rings. The van der Waals surface area contributed by atoms with E-state index >= 15 is 0 Å². The maximum absolute atomic E-state index is 11.9. The average Bonchev–Trinajstić information content (AvgIpc) is 2.72. The van der Waals surface area contributed by atoms with Crippen molar-refractivity contribution in [3.63, 3.8) is 0 Å². The Labute approximate surface area is 110 Å². The lowest BCUT2D eigenvalue weighted by molar-refractivity contribution is -0.142. The number of carbonyl (C=O) groups excluding carboxylic acids is 1. The van der Waals surface area contributed by atoms with Crippen LogP contribution in [-0.2, 0) is 16.1 Å². The zero-order chi connectivity index (χ0) is 14.6. The van der Waals surface area contributed by atoms with Crippen molar-refractivity contribution in [1.82, 2.24) is 10.5 Å². The number of aromatic nitrogens is 1. The predicted octanol–water partition coefficient (Wildman–Crippen LogP) is 1.05. The zero-order valence-corrected chi connectivity index (χ0v) is 11.4. The normalized spacial score (nSPS) is 13.1. The molecular weight excluding hydrogens is 252 g/mol. The van der Waals surface area contributed by atoms with E-state index in [1.165, 1.54) is 13.2 Å². The van der Waals surface area contributed by atoms with Crippen LogP contribution in [0.15, 0.2) is 10.6 Å². The number of hydrogen-bond acceptors (Lipinski definition) is 5. The van der Waals surface area contributed by atoms with Gasteiger partial charge in [0.25, 0.3) is 5.91 Å². The van der Waals surface area contributed by atoms with Gasteiger partial charge in [-0.3, -0.25) is 4.79 Å². The molecule has 0 fully saturated rings. The van der Waals surface area contributed by atoms with Crippen LogP contribution >= 0.6 is 0 Å². The molecule has 1 atom stereocenters. The van der Waals surface area contributed by atoms with Crippen LogP contribution in [0.4, 0.5) is 0 Å². The molecule has 0 aromatic carbocycles. The molecule has 0 bridgehead atoms. The molecule has 2 N–H and O–H groups in total. The molecule has 0 aliphatic rings. The van der Waals surface area contributed by atoms with E-state index in [0.29, 0.717) is 5.76 Å². The largest absolute Gasteiger partial charge is 0.480 e. The van der Waals surface area contributed by atoms with Crippen LogP contribution in [0, 0.1) is 5.41 Å². The van der Waals surface area contributed by atoms with E-state index in [9.17, 15) is 9.59 Å². The number of aliphatic carboxylic acids is 1. The Balaban J connectivity index is 2.79. The second-order valence-electron chi connectivity index (χ2n) is 5.22. The van der Waals surface area contributed by atoms with Crippen molar-refractivity contribution in [2.24, 2.45) is 5.41 Å². The highest BCUT2D eigenvalue weighted by molar-refractivity contribution is 5.95. The molecule has 1 unspecified atom stereocenters. The number of amides is 1. The summed E-state index contributed by atoms with van der Waals surface area (Å²) in [5, 5.41) is 15.1. The maximum Gasteiger partial charge on any atom is 0.326 e. The van der Waals surface area contributed by atoms with Crippen LogP contribution < -0.4 is 5.32 Å². The van der Waals surface area contributed by atoms with Gasteiger partial charge in [0.1, 0.15) is 12.6 Å². The number of carboxylic acid groups (broad SMARTS) is 1. The van der Waals surface area contributed by atoms with Crippen LogP contribution in [0.2, 0.25) is 0 Å². The summed E-state index contributed by atoms with van der Waals surface area (Å²) < 4.78 is 9.71. The Kier molecular flexibility index (Phi) is 4.66. The molecule has 106 valence electrons. The summed E-state index contributed by atoms with van der Waals surface area (Å²) in [6, 6.07) is 0.406. The number of carbonyl (C=O) groups is 2. The number of hydrogen-bond donors (Lipinski definition) is 2. The molecule has 7 nitrogen and oxygen atoms in total. The number of ether oxygens (including phenoxy) is 1. The van der Waals surface area contributed by atoms with Crippen LogP contribution in [0.1, 0.15) is 37.0 Å². The van der Waals surface area contributed by atoms with Crippen molar-refractivity contribution < 1.29 is 24.0 Å². The van der Waals surface area contributed by atoms with Crippen molar-refractivity contribution in [3.8, 4) is 0 Å². The highest BCUT2D eigenvalue weighted by Gasteiger charge is 2.33. The molecule has 7 heteroatoms. The van der Waals surface area contributed by atoms with Gasteiger partial charge in [-0.1, -0.05) is 25.9 Å². The van der Waals surface area contributed by atoms with E-state index in [0.717, 1.165) is 0 Å². The zero-order valence-electron chi connectivity index (χ0n) is 11.4. The van der Waals surface area contributed by atoms with Gasteiger partial charge in [-0.2, -0.15) is 0 Å². The van der Waals surface area contributed by atoms with Gasteiger partial charge in [-0.05, 0) is 5.41 Å². The quantitative estimate of drug-likeness (QED) is 0.829. The Bertz CT molecular complexity index is 461. The van der Waals surface area contributed by atoms with Gasteiger partial charge < -0.3 is 19.7 Å². The number of carboxylic acids is 1. The van der Waals surface area contributed by atoms with Gasteiger partial charge in [-0.25, -0.2) is 4.79 Å². The third-order valence-corrected chi connectivity index (χ3v) is 2.47. The third-order valence-electron chi connectivity index (χ3n) is 2.47. The third kappa shape index (κ3) is 4.06. The monoisotopic (exact) mass is 270 g/mol. The molecule has 1 rings (SSSR count). The summed E-state index contributed by atoms with van der Waals surface area (Å²) in [6.45, 7) is 5.38. The molecule has 1 amide bonds. The Morgan fingerprint density at radius 3 is 2.63 bits per heavy atom. The summed E-state index contributed by atoms with van der Waals surface area (Å²) in [4.78, 5) is 23.0. The fourth-order valence-corrected chi connectivity index (χ4v) is 1.48. The number of nitrogens with zero attached hydrogens (tertiary/aromatic N) is 1. The Hall–Kier alpha value is -1.89. The van der Waals surface area contributed by atoms with Gasteiger partial charge in [0, 0.05) is 13.2 Å². The van der Waals surface area contributed by atoms with E-state index in [1.807, 2.05) is 0 Å². The Morgan fingerprint density at radius 1 is 1.53 bits per heavy atom. The van der Waals surface area contributed by atoms with Crippen LogP contribution in [0.5, 0.6) is 0 Å². The van der Waals surface area contributed by atoms with Crippen molar-refractivity contribution in [2.75, 3.05) is 7.11 Å². The lowest BCUT2D eigenvalue weighted by Gasteiger charge is -2.27. The first-order valence-electron chi connectivity index (χ1n) is 5.74. The van der Waals surface area contributed by atoms with Gasteiger partial charge in [0.2, 0.25) is 0 Å².